The van der Waals surface area contributed by atoms with Crippen LogP contribution in [0, 0.1) is 13.8 Å². The highest BCUT2D eigenvalue weighted by molar-refractivity contribution is 5.92. The Morgan fingerprint density at radius 3 is 2.64 bits per heavy atom. The fourth-order valence-corrected chi connectivity index (χ4v) is 3.02. The molecule has 0 aliphatic rings. The van der Waals surface area contributed by atoms with E-state index < -0.39 is 0 Å². The molecule has 0 radical (unpaired) electrons. The van der Waals surface area contributed by atoms with Gasteiger partial charge in [-0.15, -0.1) is 0 Å². The van der Waals surface area contributed by atoms with Gasteiger partial charge in [0.2, 0.25) is 11.8 Å². The monoisotopic (exact) mass is 380 g/mol. The number of nitrogens with zero attached hydrogens (tertiary/aromatic N) is 2. The van der Waals surface area contributed by atoms with Crippen LogP contribution in [0.1, 0.15) is 17.0 Å². The number of ether oxygens (including phenoxy) is 1. The Balaban J connectivity index is 1.82. The normalized spacial score (nSPS) is 10.8. The van der Waals surface area contributed by atoms with Gasteiger partial charge in [0, 0.05) is 12.8 Å². The van der Waals surface area contributed by atoms with Crippen molar-refractivity contribution in [3.63, 3.8) is 0 Å². The lowest BCUT2D eigenvalue weighted by molar-refractivity contribution is -0.124. The number of amides is 2. The molecule has 3 aromatic rings. The molecule has 0 aliphatic heterocycles. The number of nitrogens with one attached hydrogen (secondary N) is 2. The highest BCUT2D eigenvalue weighted by Gasteiger charge is 2.15. The second-order valence-electron chi connectivity index (χ2n) is 6.61. The molecule has 7 nitrogen and oxygen atoms in total. The van der Waals surface area contributed by atoms with E-state index in [4.69, 9.17) is 4.74 Å². The molecule has 1 aromatic heterocycles. The number of methoxy groups -OCH3 is 1. The number of carbonyl (C=O) groups excluding carboxylic acids is 2. The molecule has 0 atom stereocenters. The van der Waals surface area contributed by atoms with E-state index in [1.807, 2.05) is 60.9 Å². The van der Waals surface area contributed by atoms with Gasteiger partial charge in [-0.3, -0.25) is 9.59 Å². The predicted octanol–water partition coefficient (Wildman–Crippen LogP) is 2.55. The lowest BCUT2D eigenvalue weighted by Crippen LogP contribution is -2.29. The van der Waals surface area contributed by atoms with Gasteiger partial charge in [-0.2, -0.15) is 0 Å². The van der Waals surface area contributed by atoms with Crippen molar-refractivity contribution >= 4 is 28.5 Å². The molecular weight excluding hydrogens is 356 g/mol. The number of imidazole rings is 1. The summed E-state index contributed by atoms with van der Waals surface area (Å²) < 4.78 is 6.65. The van der Waals surface area contributed by atoms with Crippen molar-refractivity contribution in [3.8, 4) is 0 Å². The predicted molar refractivity (Wildman–Crippen MR) is 108 cm³/mol. The molecule has 0 aliphatic carbocycles. The van der Waals surface area contributed by atoms with E-state index in [0.717, 1.165) is 27.8 Å². The minimum atomic E-state index is -0.235. The summed E-state index contributed by atoms with van der Waals surface area (Å²) >= 11 is 0. The molecule has 2 amide bonds. The van der Waals surface area contributed by atoms with Gasteiger partial charge < -0.3 is 19.9 Å². The van der Waals surface area contributed by atoms with E-state index in [2.05, 4.69) is 15.6 Å². The number of carbonyl (C=O) groups is 2. The molecule has 0 unspecified atom stereocenters. The minimum Gasteiger partial charge on any atom is -0.375 e. The topological polar surface area (TPSA) is 85.2 Å². The van der Waals surface area contributed by atoms with Gasteiger partial charge in [0.1, 0.15) is 19.0 Å². The van der Waals surface area contributed by atoms with Crippen LogP contribution in [0.2, 0.25) is 0 Å². The molecular formula is C21H24N4O3. The Bertz CT molecular complexity index is 1010. The molecule has 0 saturated heterocycles. The molecule has 7 heteroatoms. The van der Waals surface area contributed by atoms with Crippen LogP contribution in [-0.4, -0.2) is 35.1 Å². The quantitative estimate of drug-likeness (QED) is 0.660. The van der Waals surface area contributed by atoms with Gasteiger partial charge in [0.05, 0.1) is 17.6 Å². The first-order chi connectivity index (χ1) is 13.5. The minimum absolute atomic E-state index is 0.0205. The fourth-order valence-electron chi connectivity index (χ4n) is 3.02. The molecule has 0 spiro atoms. The van der Waals surface area contributed by atoms with E-state index in [9.17, 15) is 9.59 Å². The zero-order chi connectivity index (χ0) is 20.1. The van der Waals surface area contributed by atoms with Crippen molar-refractivity contribution in [1.29, 1.82) is 0 Å². The Morgan fingerprint density at radius 1 is 1.07 bits per heavy atom. The number of rotatable bonds is 7. The number of hydrogen-bond donors (Lipinski definition) is 2. The van der Waals surface area contributed by atoms with Crippen LogP contribution in [0.3, 0.4) is 0 Å². The summed E-state index contributed by atoms with van der Waals surface area (Å²) in [6.45, 7) is 4.29. The number of fused-ring (bicyclic) bond motifs is 1. The van der Waals surface area contributed by atoms with Crippen LogP contribution in [0.5, 0.6) is 0 Å². The van der Waals surface area contributed by atoms with E-state index in [1.165, 1.54) is 7.11 Å². The molecule has 2 N–H and O–H groups in total. The first kappa shape index (κ1) is 19.6. The average molecular weight is 380 g/mol. The summed E-state index contributed by atoms with van der Waals surface area (Å²) in [5.41, 5.74) is 4.57. The molecule has 2 aromatic carbocycles. The Hall–Kier alpha value is -3.19. The van der Waals surface area contributed by atoms with E-state index in [-0.39, 0.29) is 31.5 Å². The zero-order valence-corrected chi connectivity index (χ0v) is 16.3. The number of aromatic nitrogens is 2. The van der Waals surface area contributed by atoms with Crippen molar-refractivity contribution < 1.29 is 14.3 Å². The second kappa shape index (κ2) is 8.67. The van der Waals surface area contributed by atoms with Crippen LogP contribution in [0.15, 0.2) is 42.5 Å². The molecule has 0 bridgehead atoms. The zero-order valence-electron chi connectivity index (χ0n) is 16.3. The first-order valence-corrected chi connectivity index (χ1v) is 9.05. The number of para-hydroxylation sites is 2. The van der Waals surface area contributed by atoms with Crippen molar-refractivity contribution in [1.82, 2.24) is 14.9 Å². The lowest BCUT2D eigenvalue weighted by Gasteiger charge is -2.13. The third-order valence-corrected chi connectivity index (χ3v) is 4.63. The number of benzene rings is 2. The SMILES string of the molecule is COCC(=O)NCc1nc2ccccc2n1CC(=O)Nc1cccc(C)c1C. The van der Waals surface area contributed by atoms with Gasteiger partial charge in [0.25, 0.3) is 0 Å². The Morgan fingerprint density at radius 2 is 1.86 bits per heavy atom. The lowest BCUT2D eigenvalue weighted by atomic mass is 10.1. The summed E-state index contributed by atoms with van der Waals surface area (Å²) in [7, 11) is 1.46. The standard InChI is InChI=1S/C21H24N4O3/c1-14-7-6-9-16(15(14)2)24-20(26)12-25-18-10-5-4-8-17(18)23-19(25)11-22-21(27)13-28-3/h4-10H,11-13H2,1-3H3,(H,22,27)(H,24,26). The summed E-state index contributed by atoms with van der Waals surface area (Å²) in [6, 6.07) is 13.4. The Kier molecular flexibility index (Phi) is 6.06. The number of anilines is 1. The van der Waals surface area contributed by atoms with Crippen LogP contribution in [-0.2, 0) is 27.4 Å². The largest absolute Gasteiger partial charge is 0.375 e. The molecule has 0 saturated carbocycles. The van der Waals surface area contributed by atoms with Crippen molar-refractivity contribution in [2.24, 2.45) is 0 Å². The van der Waals surface area contributed by atoms with Crippen LogP contribution in [0.4, 0.5) is 5.69 Å². The molecule has 3 rings (SSSR count). The van der Waals surface area contributed by atoms with Gasteiger partial charge in [-0.25, -0.2) is 4.98 Å². The van der Waals surface area contributed by atoms with Crippen LogP contribution < -0.4 is 10.6 Å². The summed E-state index contributed by atoms with van der Waals surface area (Å²) in [5, 5.41) is 5.73. The highest BCUT2D eigenvalue weighted by atomic mass is 16.5. The van der Waals surface area contributed by atoms with Gasteiger partial charge in [0.15, 0.2) is 0 Å². The average Bonchev–Trinajstić information content (AvgIpc) is 3.01. The maximum Gasteiger partial charge on any atom is 0.246 e. The summed E-state index contributed by atoms with van der Waals surface area (Å²) in [6.07, 6.45) is 0. The third-order valence-electron chi connectivity index (χ3n) is 4.63. The van der Waals surface area contributed by atoms with Gasteiger partial charge >= 0.3 is 0 Å². The number of hydrogen-bond acceptors (Lipinski definition) is 4. The third kappa shape index (κ3) is 4.37. The molecule has 0 fully saturated rings. The van der Waals surface area contributed by atoms with Gasteiger partial charge in [-0.1, -0.05) is 24.3 Å². The Labute approximate surface area is 163 Å². The van der Waals surface area contributed by atoms with E-state index in [0.29, 0.717) is 5.82 Å². The highest BCUT2D eigenvalue weighted by Crippen LogP contribution is 2.19. The van der Waals surface area contributed by atoms with E-state index >= 15 is 0 Å². The molecule has 146 valence electrons. The fraction of sp³-hybridized carbons (Fsp3) is 0.286. The maximum absolute atomic E-state index is 12.7. The maximum atomic E-state index is 12.7. The van der Waals surface area contributed by atoms with E-state index in [1.54, 1.807) is 0 Å². The summed E-state index contributed by atoms with van der Waals surface area (Å²) in [5.74, 6) is 0.226. The molecule has 28 heavy (non-hydrogen) atoms. The molecule has 1 heterocycles. The first-order valence-electron chi connectivity index (χ1n) is 9.05. The van der Waals surface area contributed by atoms with Crippen molar-refractivity contribution in [2.75, 3.05) is 19.0 Å². The number of aryl methyl sites for hydroxylation is 1. The van der Waals surface area contributed by atoms with Gasteiger partial charge in [-0.05, 0) is 43.2 Å². The van der Waals surface area contributed by atoms with Crippen LogP contribution >= 0.6 is 0 Å². The van der Waals surface area contributed by atoms with Crippen molar-refractivity contribution in [3.05, 3.63) is 59.4 Å². The van der Waals surface area contributed by atoms with Crippen LogP contribution in [0.25, 0.3) is 11.0 Å². The van der Waals surface area contributed by atoms with Crippen molar-refractivity contribution in [2.45, 2.75) is 26.9 Å². The summed E-state index contributed by atoms with van der Waals surface area (Å²) in [4.78, 5) is 29.0. The smallest absolute Gasteiger partial charge is 0.246 e. The second-order valence-corrected chi connectivity index (χ2v) is 6.61.